The van der Waals surface area contributed by atoms with Gasteiger partial charge in [0.15, 0.2) is 0 Å². The monoisotopic (exact) mass is 406 g/mol. The average Bonchev–Trinajstić information content (AvgIpc) is 2.70. The smallest absolute Gasteiger partial charge is 0.320 e. The molecule has 0 aromatic carbocycles. The molecule has 0 atom stereocenters. The van der Waals surface area contributed by atoms with Crippen molar-refractivity contribution in [2.45, 2.75) is 118 Å². The highest BCUT2D eigenvalue weighted by atomic mass is 16.5. The van der Waals surface area contributed by atoms with Gasteiger partial charge in [-0.3, -0.25) is 9.59 Å². The van der Waals surface area contributed by atoms with Crippen molar-refractivity contribution in [3.63, 3.8) is 0 Å². The largest absolute Gasteiger partial charge is 0.465 e. The Balaban J connectivity index is 4.72. The molecule has 0 N–H and O–H groups in total. The van der Waals surface area contributed by atoms with Crippen LogP contribution >= 0.6 is 0 Å². The van der Waals surface area contributed by atoms with E-state index in [-0.39, 0.29) is 11.8 Å². The van der Waals surface area contributed by atoms with Gasteiger partial charge in [-0.2, -0.15) is 0 Å². The van der Waals surface area contributed by atoms with E-state index in [1.165, 1.54) is 71.1 Å². The Labute approximate surface area is 180 Å². The minimum absolute atomic E-state index is 0.101. The number of carbonyl (C=O) groups is 2. The molecular formula is C26H46O3. The predicted molar refractivity (Wildman–Crippen MR) is 124 cm³/mol. The zero-order valence-electron chi connectivity index (χ0n) is 19.6. The second kappa shape index (κ2) is 18.6. The molecule has 0 saturated carbocycles. The van der Waals surface area contributed by atoms with Crippen molar-refractivity contribution in [1.29, 1.82) is 0 Å². The third-order valence-corrected chi connectivity index (χ3v) is 5.55. The van der Waals surface area contributed by atoms with Crippen LogP contribution in [-0.2, 0) is 14.3 Å². The molecule has 3 nitrogen and oxygen atoms in total. The molecule has 0 aromatic heterocycles. The van der Waals surface area contributed by atoms with Gasteiger partial charge < -0.3 is 4.74 Å². The summed E-state index contributed by atoms with van der Waals surface area (Å²) in [6, 6.07) is 0. The Bertz CT molecular complexity index is 450. The maximum atomic E-state index is 12.7. The Morgan fingerprint density at radius 1 is 0.690 bits per heavy atom. The lowest BCUT2D eigenvalue weighted by Gasteiger charge is -2.26. The number of ether oxygens (including phenoxy) is 1. The number of ketones is 1. The summed E-state index contributed by atoms with van der Waals surface area (Å²) in [4.78, 5) is 25.2. The number of carbonyl (C=O) groups excluding carboxylic acids is 2. The molecule has 0 aromatic rings. The zero-order valence-corrected chi connectivity index (χ0v) is 19.6. The topological polar surface area (TPSA) is 43.4 Å². The van der Waals surface area contributed by atoms with E-state index in [1.54, 1.807) is 6.92 Å². The molecule has 0 rings (SSSR count). The van der Waals surface area contributed by atoms with Gasteiger partial charge in [-0.1, -0.05) is 89.5 Å². The van der Waals surface area contributed by atoms with Crippen LogP contribution in [-0.4, -0.2) is 18.4 Å². The SMILES string of the molecule is CCCCCCC/C=C/CC(C/C=C/CCCCCCC)(C(C)=O)C(=O)OCC. The standard InChI is InChI=1S/C26H46O3/c1-5-8-10-12-14-16-18-20-22-26(24(4)27,25(28)29-7-3)23-21-19-17-15-13-11-9-6-2/h18-21H,5-17,22-23H2,1-4H3/b20-18+,21-19+. The lowest BCUT2D eigenvalue weighted by Crippen LogP contribution is -2.38. The fraction of sp³-hybridized carbons (Fsp3) is 0.769. The summed E-state index contributed by atoms with van der Waals surface area (Å²) in [5.41, 5.74) is -1.08. The number of hydrogen-bond acceptors (Lipinski definition) is 3. The number of Topliss-reactive ketones (excluding diaryl/α,β-unsaturated/α-hetero) is 1. The van der Waals surface area contributed by atoms with Crippen molar-refractivity contribution in [3.05, 3.63) is 24.3 Å². The summed E-state index contributed by atoms with van der Waals surface area (Å²) in [7, 11) is 0. The van der Waals surface area contributed by atoms with Gasteiger partial charge in [0.05, 0.1) is 6.61 Å². The number of hydrogen-bond donors (Lipinski definition) is 0. The summed E-state index contributed by atoms with van der Waals surface area (Å²) in [6.07, 6.45) is 23.6. The van der Waals surface area contributed by atoms with Crippen LogP contribution in [0.1, 0.15) is 118 Å². The van der Waals surface area contributed by atoms with E-state index in [0.29, 0.717) is 19.4 Å². The van der Waals surface area contributed by atoms with Gasteiger partial charge in [0.1, 0.15) is 11.2 Å². The molecule has 0 aliphatic heterocycles. The maximum Gasteiger partial charge on any atom is 0.320 e. The van der Waals surface area contributed by atoms with Gasteiger partial charge in [0, 0.05) is 0 Å². The lowest BCUT2D eigenvalue weighted by atomic mass is 9.77. The molecule has 0 radical (unpaired) electrons. The fourth-order valence-electron chi connectivity index (χ4n) is 3.49. The Kier molecular flexibility index (Phi) is 17.7. The Morgan fingerprint density at radius 3 is 1.52 bits per heavy atom. The number of unbranched alkanes of at least 4 members (excludes halogenated alkanes) is 10. The first-order chi connectivity index (χ1) is 14.0. The van der Waals surface area contributed by atoms with Gasteiger partial charge in [0.2, 0.25) is 0 Å². The van der Waals surface area contributed by atoms with Crippen molar-refractivity contribution >= 4 is 11.8 Å². The molecule has 0 heterocycles. The second-order valence-electron chi connectivity index (χ2n) is 8.12. The van der Waals surface area contributed by atoms with E-state index in [9.17, 15) is 9.59 Å². The van der Waals surface area contributed by atoms with Crippen LogP contribution in [0.3, 0.4) is 0 Å². The zero-order chi connectivity index (χ0) is 21.8. The van der Waals surface area contributed by atoms with Gasteiger partial charge >= 0.3 is 5.97 Å². The van der Waals surface area contributed by atoms with Crippen LogP contribution in [0.4, 0.5) is 0 Å². The van der Waals surface area contributed by atoms with Crippen LogP contribution in [0.15, 0.2) is 24.3 Å². The van der Waals surface area contributed by atoms with Crippen molar-refractivity contribution in [2.24, 2.45) is 5.41 Å². The highest BCUT2D eigenvalue weighted by Crippen LogP contribution is 2.31. The lowest BCUT2D eigenvalue weighted by molar-refractivity contribution is -0.159. The van der Waals surface area contributed by atoms with Gasteiger partial charge in [-0.15, -0.1) is 0 Å². The number of allylic oxidation sites excluding steroid dienone is 4. The molecule has 0 aliphatic rings. The summed E-state index contributed by atoms with van der Waals surface area (Å²) >= 11 is 0. The highest BCUT2D eigenvalue weighted by molar-refractivity contribution is 6.03. The third kappa shape index (κ3) is 12.7. The van der Waals surface area contributed by atoms with Crippen molar-refractivity contribution in [3.8, 4) is 0 Å². The van der Waals surface area contributed by atoms with E-state index < -0.39 is 5.41 Å². The summed E-state index contributed by atoms with van der Waals surface area (Å²) in [5, 5.41) is 0. The molecule has 0 fully saturated rings. The molecule has 0 amide bonds. The van der Waals surface area contributed by atoms with Crippen LogP contribution < -0.4 is 0 Å². The fourth-order valence-corrected chi connectivity index (χ4v) is 3.49. The molecule has 0 aliphatic carbocycles. The summed E-state index contributed by atoms with van der Waals surface area (Å²) < 4.78 is 5.29. The summed E-state index contributed by atoms with van der Waals surface area (Å²) in [5.74, 6) is -0.483. The normalized spacial score (nSPS) is 12.1. The minimum atomic E-state index is -1.08. The molecule has 168 valence electrons. The van der Waals surface area contributed by atoms with Crippen LogP contribution in [0, 0.1) is 5.41 Å². The molecule has 0 bridgehead atoms. The third-order valence-electron chi connectivity index (χ3n) is 5.55. The second-order valence-corrected chi connectivity index (χ2v) is 8.12. The minimum Gasteiger partial charge on any atom is -0.465 e. The van der Waals surface area contributed by atoms with Crippen LogP contribution in [0.5, 0.6) is 0 Å². The van der Waals surface area contributed by atoms with Crippen molar-refractivity contribution in [1.82, 2.24) is 0 Å². The first kappa shape index (κ1) is 27.6. The molecule has 3 heteroatoms. The number of rotatable bonds is 19. The quantitative estimate of drug-likeness (QED) is 0.0953. The number of esters is 1. The van der Waals surface area contributed by atoms with Crippen molar-refractivity contribution < 1.29 is 14.3 Å². The molecule has 29 heavy (non-hydrogen) atoms. The van der Waals surface area contributed by atoms with Gasteiger partial charge in [-0.05, 0) is 52.4 Å². The Morgan fingerprint density at radius 2 is 1.14 bits per heavy atom. The summed E-state index contributed by atoms with van der Waals surface area (Å²) in [6.45, 7) is 8.06. The van der Waals surface area contributed by atoms with E-state index in [2.05, 4.69) is 26.0 Å². The Hall–Kier alpha value is -1.38. The van der Waals surface area contributed by atoms with Crippen molar-refractivity contribution in [2.75, 3.05) is 6.61 Å². The first-order valence-electron chi connectivity index (χ1n) is 12.0. The predicted octanol–water partition coefficient (Wildman–Crippen LogP) is 7.74. The van der Waals surface area contributed by atoms with Crippen LogP contribution in [0.25, 0.3) is 0 Å². The van der Waals surface area contributed by atoms with Crippen LogP contribution in [0.2, 0.25) is 0 Å². The maximum absolute atomic E-state index is 12.7. The molecular weight excluding hydrogens is 360 g/mol. The van der Waals surface area contributed by atoms with E-state index in [4.69, 9.17) is 4.74 Å². The van der Waals surface area contributed by atoms with E-state index in [0.717, 1.165) is 12.8 Å². The van der Waals surface area contributed by atoms with Gasteiger partial charge in [-0.25, -0.2) is 0 Å². The average molecular weight is 407 g/mol. The highest BCUT2D eigenvalue weighted by Gasteiger charge is 2.42. The van der Waals surface area contributed by atoms with E-state index >= 15 is 0 Å². The van der Waals surface area contributed by atoms with Gasteiger partial charge in [0.25, 0.3) is 0 Å². The van der Waals surface area contributed by atoms with E-state index in [1.807, 2.05) is 12.2 Å². The molecule has 0 spiro atoms. The first-order valence-corrected chi connectivity index (χ1v) is 12.0. The molecule has 0 saturated heterocycles. The molecule has 0 unspecified atom stereocenters.